The summed E-state index contributed by atoms with van der Waals surface area (Å²) in [5, 5.41) is 0. The molecule has 55 valence electrons. The Balaban J connectivity index is 0.000000500. The van der Waals surface area contributed by atoms with Crippen molar-refractivity contribution in [1.29, 1.82) is 0 Å². The molecule has 3 atom stereocenters. The second-order valence-electron chi connectivity index (χ2n) is 3.47. The molecule has 3 aliphatic rings. The quantitative estimate of drug-likeness (QED) is 0.603. The minimum absolute atomic E-state index is 0. The van der Waals surface area contributed by atoms with Gasteiger partial charge in [0, 0.05) is 38.8 Å². The van der Waals surface area contributed by atoms with Crippen LogP contribution in [0.5, 0.6) is 0 Å². The van der Waals surface area contributed by atoms with Gasteiger partial charge < -0.3 is 12.2 Å². The first-order valence-electron chi connectivity index (χ1n) is 3.95. The maximum absolute atomic E-state index is 5.90. The van der Waals surface area contributed by atoms with Gasteiger partial charge in [0.25, 0.3) is 0 Å². The van der Waals surface area contributed by atoms with Crippen molar-refractivity contribution in [2.45, 2.75) is 31.7 Å². The summed E-state index contributed by atoms with van der Waals surface area (Å²) in [6.07, 6.45) is 7.84. The van der Waals surface area contributed by atoms with Gasteiger partial charge in [0.1, 0.15) is 0 Å². The molecule has 2 bridgehead atoms. The van der Waals surface area contributed by atoms with Crippen LogP contribution in [0.3, 0.4) is 0 Å². The molecule has 0 amide bonds. The van der Waals surface area contributed by atoms with Crippen molar-refractivity contribution < 1.29 is 32.7 Å². The van der Waals surface area contributed by atoms with E-state index in [-0.39, 0.29) is 32.7 Å². The Morgan fingerprint density at radius 1 is 1.30 bits per heavy atom. The first kappa shape index (κ1) is 9.15. The predicted molar refractivity (Wildman–Crippen MR) is 37.7 cm³/mol. The summed E-state index contributed by atoms with van der Waals surface area (Å²) in [5.74, 6) is 1.72. The summed E-state index contributed by atoms with van der Waals surface area (Å²) < 4.78 is 0. The van der Waals surface area contributed by atoms with Crippen molar-refractivity contribution in [3.63, 3.8) is 0 Å². The topological polar surface area (TPSA) is 26.0 Å². The molecule has 0 aromatic carbocycles. The summed E-state index contributed by atoms with van der Waals surface area (Å²) in [6, 6.07) is 0.536. The van der Waals surface area contributed by atoms with Crippen LogP contribution in [-0.4, -0.2) is 6.04 Å². The van der Waals surface area contributed by atoms with Crippen LogP contribution in [0.1, 0.15) is 25.7 Å². The van der Waals surface area contributed by atoms with Crippen LogP contribution in [0.15, 0.2) is 0 Å². The van der Waals surface area contributed by atoms with E-state index in [1.165, 1.54) is 25.7 Å². The monoisotopic (exact) mass is 213 g/mol. The van der Waals surface area contributed by atoms with E-state index in [4.69, 9.17) is 5.73 Å². The van der Waals surface area contributed by atoms with E-state index in [9.17, 15) is 0 Å². The normalized spacial score (nSPS) is 44.7. The van der Waals surface area contributed by atoms with Crippen molar-refractivity contribution in [1.82, 2.24) is 0 Å². The predicted octanol–water partition coefficient (Wildman–Crippen LogP) is 1.34. The fourth-order valence-electron chi connectivity index (χ4n) is 2.18. The minimum atomic E-state index is 0. The van der Waals surface area contributed by atoms with Crippen molar-refractivity contribution >= 4 is 0 Å². The van der Waals surface area contributed by atoms with Gasteiger partial charge in [-0.1, -0.05) is 25.2 Å². The Kier molecular flexibility index (Phi) is 3.34. The zero-order chi connectivity index (χ0) is 6.27. The Morgan fingerprint density at radius 3 is 2.30 bits per heavy atom. The first-order valence-corrected chi connectivity index (χ1v) is 3.95. The summed E-state index contributed by atoms with van der Waals surface area (Å²) >= 11 is 0. The van der Waals surface area contributed by atoms with Gasteiger partial charge in [0.15, 0.2) is 0 Å². The third-order valence-electron chi connectivity index (χ3n) is 2.86. The molecule has 0 heterocycles. The summed E-state index contributed by atoms with van der Waals surface area (Å²) in [6.45, 7) is 0. The fourth-order valence-corrected chi connectivity index (χ4v) is 2.18. The second-order valence-corrected chi connectivity index (χ2v) is 3.47. The van der Waals surface area contributed by atoms with E-state index in [0.717, 1.165) is 11.8 Å². The fraction of sp³-hybridized carbons (Fsp3) is 0.875. The Morgan fingerprint density at radius 2 is 2.10 bits per heavy atom. The van der Waals surface area contributed by atoms with E-state index < -0.39 is 0 Å². The summed E-state index contributed by atoms with van der Waals surface area (Å²) in [5.41, 5.74) is 5.90. The van der Waals surface area contributed by atoms with Crippen LogP contribution in [-0.2, 0) is 32.7 Å². The second kappa shape index (κ2) is 3.64. The van der Waals surface area contributed by atoms with Crippen LogP contribution in [0.2, 0.25) is 0 Å². The molecular formula is C8H14NY-. The Labute approximate surface area is 88.0 Å². The molecule has 0 aromatic rings. The zero-order valence-electron chi connectivity index (χ0n) is 6.29. The van der Waals surface area contributed by atoms with E-state index in [1.807, 2.05) is 0 Å². The molecule has 0 spiro atoms. The molecule has 0 aliphatic heterocycles. The minimum Gasteiger partial charge on any atom is -0.328 e. The molecule has 3 fully saturated rings. The van der Waals surface area contributed by atoms with Gasteiger partial charge in [0.05, 0.1) is 0 Å². The smallest absolute Gasteiger partial charge is 0.00210 e. The van der Waals surface area contributed by atoms with E-state index in [2.05, 4.69) is 6.42 Å². The Bertz CT molecular complexity index is 108. The van der Waals surface area contributed by atoms with E-state index >= 15 is 0 Å². The van der Waals surface area contributed by atoms with E-state index in [1.54, 1.807) is 0 Å². The largest absolute Gasteiger partial charge is 0.328 e. The SMILES string of the molecule is NC1CC2[CH-]CC1CC2.[Y]. The molecule has 0 aromatic heterocycles. The first-order chi connectivity index (χ1) is 4.36. The van der Waals surface area contributed by atoms with E-state index in [0.29, 0.717) is 6.04 Å². The number of rotatable bonds is 0. The third kappa shape index (κ3) is 1.62. The van der Waals surface area contributed by atoms with Crippen molar-refractivity contribution in [2.24, 2.45) is 17.6 Å². The molecule has 3 aliphatic carbocycles. The molecule has 3 rings (SSSR count). The molecule has 2 heteroatoms. The molecule has 2 N–H and O–H groups in total. The van der Waals surface area contributed by atoms with Crippen LogP contribution in [0.25, 0.3) is 0 Å². The van der Waals surface area contributed by atoms with Gasteiger partial charge in [0.2, 0.25) is 0 Å². The molecule has 1 radical (unpaired) electrons. The molecular weight excluding hydrogens is 199 g/mol. The number of nitrogens with two attached hydrogens (primary N) is 1. The van der Waals surface area contributed by atoms with Crippen molar-refractivity contribution in [3.05, 3.63) is 6.42 Å². The van der Waals surface area contributed by atoms with Crippen molar-refractivity contribution in [2.75, 3.05) is 0 Å². The van der Waals surface area contributed by atoms with Crippen molar-refractivity contribution in [3.8, 4) is 0 Å². The third-order valence-corrected chi connectivity index (χ3v) is 2.86. The summed E-state index contributed by atoms with van der Waals surface area (Å²) in [4.78, 5) is 0. The maximum atomic E-state index is 5.90. The van der Waals surface area contributed by atoms with Gasteiger partial charge in [-0.25, -0.2) is 0 Å². The number of fused-ring (bicyclic) bond motifs is 3. The van der Waals surface area contributed by atoms with Gasteiger partial charge in [-0.3, -0.25) is 0 Å². The zero-order valence-corrected chi connectivity index (χ0v) is 9.13. The number of hydrogen-bond acceptors (Lipinski definition) is 1. The maximum Gasteiger partial charge on any atom is 0.00210 e. The van der Waals surface area contributed by atoms with Gasteiger partial charge in [-0.15, -0.1) is 0 Å². The molecule has 0 saturated heterocycles. The van der Waals surface area contributed by atoms with Gasteiger partial charge >= 0.3 is 0 Å². The molecule has 10 heavy (non-hydrogen) atoms. The average Bonchev–Trinajstić information content (AvgIpc) is 1.90. The van der Waals surface area contributed by atoms with Crippen LogP contribution in [0, 0.1) is 18.3 Å². The van der Waals surface area contributed by atoms with Crippen LogP contribution in [0.4, 0.5) is 0 Å². The average molecular weight is 213 g/mol. The number of hydrogen-bond donors (Lipinski definition) is 1. The summed E-state index contributed by atoms with van der Waals surface area (Å²) in [7, 11) is 0. The molecule has 3 unspecified atom stereocenters. The molecule has 3 saturated carbocycles. The van der Waals surface area contributed by atoms with Gasteiger partial charge in [-0.05, 0) is 0 Å². The van der Waals surface area contributed by atoms with Gasteiger partial charge in [-0.2, -0.15) is 12.3 Å². The van der Waals surface area contributed by atoms with Crippen LogP contribution >= 0.6 is 0 Å². The Hall–Kier alpha value is 1.06. The molecule has 1 nitrogen and oxygen atoms in total. The van der Waals surface area contributed by atoms with Crippen LogP contribution < -0.4 is 5.73 Å². The standard InChI is InChI=1S/C8H14N.Y/c9-8-5-6-1-3-7(8)4-2-6;/h1,6-8H,2-5,9H2;/q-1;.